The lowest BCUT2D eigenvalue weighted by Gasteiger charge is -2.21. The summed E-state index contributed by atoms with van der Waals surface area (Å²) in [5.41, 5.74) is -1.63. The van der Waals surface area contributed by atoms with Gasteiger partial charge in [0.2, 0.25) is 5.75 Å². The van der Waals surface area contributed by atoms with Gasteiger partial charge in [-0.3, -0.25) is 10.1 Å². The van der Waals surface area contributed by atoms with E-state index in [1.54, 1.807) is 26.8 Å². The Morgan fingerprint density at radius 1 is 1.47 bits per heavy atom. The van der Waals surface area contributed by atoms with Crippen LogP contribution in [-0.2, 0) is 0 Å². The standard InChI is InChI=1S/C11H11FN2O3/c1-11(2,3)17-10-7(6-13)8(12)4-5-9(10)14(15)16/h4-5H,1-3H3. The number of rotatable bonds is 2. The minimum Gasteiger partial charge on any atom is -0.480 e. The average Bonchev–Trinajstić information content (AvgIpc) is 2.15. The molecule has 17 heavy (non-hydrogen) atoms. The molecule has 6 heteroatoms. The van der Waals surface area contributed by atoms with E-state index < -0.39 is 27.6 Å². The van der Waals surface area contributed by atoms with E-state index in [-0.39, 0.29) is 5.75 Å². The summed E-state index contributed by atoms with van der Waals surface area (Å²) < 4.78 is 18.6. The van der Waals surface area contributed by atoms with Crippen molar-refractivity contribution in [1.29, 1.82) is 5.26 Å². The number of hydrogen-bond donors (Lipinski definition) is 0. The quantitative estimate of drug-likeness (QED) is 0.586. The molecule has 0 saturated heterocycles. The van der Waals surface area contributed by atoms with Crippen LogP contribution in [0.2, 0.25) is 0 Å². The van der Waals surface area contributed by atoms with Crippen LogP contribution in [0.3, 0.4) is 0 Å². The zero-order valence-electron chi connectivity index (χ0n) is 9.65. The first-order valence-corrected chi connectivity index (χ1v) is 4.82. The third-order valence-electron chi connectivity index (χ3n) is 1.80. The van der Waals surface area contributed by atoms with Gasteiger partial charge in [-0.1, -0.05) is 0 Å². The van der Waals surface area contributed by atoms with Crippen molar-refractivity contribution >= 4 is 5.69 Å². The molecule has 1 aromatic carbocycles. The summed E-state index contributed by atoms with van der Waals surface area (Å²) in [7, 11) is 0. The van der Waals surface area contributed by atoms with Gasteiger partial charge < -0.3 is 4.74 Å². The van der Waals surface area contributed by atoms with E-state index in [1.165, 1.54) is 0 Å². The molecule has 0 aliphatic rings. The Balaban J connectivity index is 3.46. The Kier molecular flexibility index (Phi) is 3.32. The molecule has 0 spiro atoms. The molecule has 0 radical (unpaired) electrons. The molecule has 1 rings (SSSR count). The number of halogens is 1. The summed E-state index contributed by atoms with van der Waals surface area (Å²) >= 11 is 0. The normalized spacial score (nSPS) is 10.8. The highest BCUT2D eigenvalue weighted by Crippen LogP contribution is 2.34. The summed E-state index contributed by atoms with van der Waals surface area (Å²) in [6.45, 7) is 4.97. The van der Waals surface area contributed by atoms with Gasteiger partial charge in [-0.15, -0.1) is 0 Å². The molecule has 90 valence electrons. The predicted molar refractivity (Wildman–Crippen MR) is 58.2 cm³/mol. The molecule has 1 aromatic rings. The molecule has 5 nitrogen and oxygen atoms in total. The molecule has 0 unspecified atom stereocenters. The van der Waals surface area contributed by atoms with Crippen molar-refractivity contribution in [3.05, 3.63) is 33.6 Å². The van der Waals surface area contributed by atoms with Gasteiger partial charge in [-0.05, 0) is 26.8 Å². The first-order valence-electron chi connectivity index (χ1n) is 4.82. The molecule has 0 saturated carbocycles. The summed E-state index contributed by atoms with van der Waals surface area (Å²) in [4.78, 5) is 10.1. The minimum atomic E-state index is -0.836. The number of hydrogen-bond acceptors (Lipinski definition) is 4. The number of ether oxygens (including phenoxy) is 1. The van der Waals surface area contributed by atoms with Crippen LogP contribution < -0.4 is 4.74 Å². The Morgan fingerprint density at radius 2 is 2.06 bits per heavy atom. The topological polar surface area (TPSA) is 76.2 Å². The summed E-state index contributed by atoms with van der Waals surface area (Å²) in [6.07, 6.45) is 0. The van der Waals surface area contributed by atoms with E-state index in [1.807, 2.05) is 0 Å². The Morgan fingerprint density at radius 3 is 2.47 bits per heavy atom. The second-order valence-corrected chi connectivity index (χ2v) is 4.35. The minimum absolute atomic E-state index is 0.329. The van der Waals surface area contributed by atoms with Gasteiger partial charge in [0.1, 0.15) is 23.1 Å². The molecule has 0 N–H and O–H groups in total. The third-order valence-corrected chi connectivity index (χ3v) is 1.80. The van der Waals surface area contributed by atoms with Gasteiger partial charge in [0.25, 0.3) is 0 Å². The number of nitriles is 1. The maximum atomic E-state index is 13.3. The van der Waals surface area contributed by atoms with Gasteiger partial charge in [0.15, 0.2) is 0 Å². The van der Waals surface area contributed by atoms with Crippen molar-refractivity contribution < 1.29 is 14.1 Å². The van der Waals surface area contributed by atoms with Crippen molar-refractivity contribution in [3.8, 4) is 11.8 Å². The smallest absolute Gasteiger partial charge is 0.312 e. The van der Waals surface area contributed by atoms with E-state index in [0.717, 1.165) is 12.1 Å². The van der Waals surface area contributed by atoms with Crippen LogP contribution in [0.15, 0.2) is 12.1 Å². The largest absolute Gasteiger partial charge is 0.480 e. The number of nitro benzene ring substituents is 1. The SMILES string of the molecule is CC(C)(C)Oc1c([N+](=O)[O-])ccc(F)c1C#N. The van der Waals surface area contributed by atoms with Crippen LogP contribution in [0.1, 0.15) is 26.3 Å². The van der Waals surface area contributed by atoms with Gasteiger partial charge in [0.05, 0.1) is 4.92 Å². The van der Waals surface area contributed by atoms with E-state index in [9.17, 15) is 14.5 Å². The highest BCUT2D eigenvalue weighted by atomic mass is 19.1. The van der Waals surface area contributed by atoms with Crippen molar-refractivity contribution in [2.75, 3.05) is 0 Å². The highest BCUT2D eigenvalue weighted by molar-refractivity contribution is 5.57. The predicted octanol–water partition coefficient (Wildman–Crippen LogP) is 2.78. The second kappa shape index (κ2) is 4.37. The fourth-order valence-electron chi connectivity index (χ4n) is 1.21. The van der Waals surface area contributed by atoms with Gasteiger partial charge in [-0.25, -0.2) is 4.39 Å². The van der Waals surface area contributed by atoms with E-state index in [2.05, 4.69) is 0 Å². The van der Waals surface area contributed by atoms with Crippen molar-refractivity contribution in [2.45, 2.75) is 26.4 Å². The van der Waals surface area contributed by atoms with E-state index in [4.69, 9.17) is 10.00 Å². The Bertz CT molecular complexity index is 501. The first-order chi connectivity index (χ1) is 7.76. The summed E-state index contributed by atoms with van der Waals surface area (Å²) in [6, 6.07) is 3.44. The van der Waals surface area contributed by atoms with Crippen molar-refractivity contribution in [2.24, 2.45) is 0 Å². The first kappa shape index (κ1) is 12.9. The zero-order valence-corrected chi connectivity index (χ0v) is 9.65. The van der Waals surface area contributed by atoms with E-state index in [0.29, 0.717) is 0 Å². The van der Waals surface area contributed by atoms with Crippen LogP contribution in [0.5, 0.6) is 5.75 Å². The molecule has 0 heterocycles. The van der Waals surface area contributed by atoms with Gasteiger partial charge >= 0.3 is 5.69 Å². The molecule has 0 bridgehead atoms. The maximum Gasteiger partial charge on any atom is 0.312 e. The van der Waals surface area contributed by atoms with Crippen LogP contribution in [0, 0.1) is 27.3 Å². The molecular formula is C11H11FN2O3. The van der Waals surface area contributed by atoms with E-state index >= 15 is 0 Å². The molecular weight excluding hydrogens is 227 g/mol. The molecule has 0 amide bonds. The van der Waals surface area contributed by atoms with Crippen LogP contribution in [0.4, 0.5) is 10.1 Å². The highest BCUT2D eigenvalue weighted by Gasteiger charge is 2.26. The van der Waals surface area contributed by atoms with Gasteiger partial charge in [-0.2, -0.15) is 5.26 Å². The zero-order chi connectivity index (χ0) is 13.2. The Hall–Kier alpha value is -2.16. The molecule has 0 aliphatic carbocycles. The fraction of sp³-hybridized carbons (Fsp3) is 0.364. The lowest BCUT2D eigenvalue weighted by molar-refractivity contribution is -0.386. The third kappa shape index (κ3) is 2.91. The summed E-state index contributed by atoms with van der Waals surface area (Å²) in [5.74, 6) is -1.16. The average molecular weight is 238 g/mol. The number of nitro groups is 1. The van der Waals surface area contributed by atoms with Crippen molar-refractivity contribution in [3.63, 3.8) is 0 Å². The monoisotopic (exact) mass is 238 g/mol. The molecule has 0 fully saturated rings. The van der Waals surface area contributed by atoms with Crippen LogP contribution >= 0.6 is 0 Å². The van der Waals surface area contributed by atoms with Crippen molar-refractivity contribution in [1.82, 2.24) is 0 Å². The number of nitrogens with zero attached hydrogens (tertiary/aromatic N) is 2. The molecule has 0 atom stereocenters. The lowest BCUT2D eigenvalue weighted by Crippen LogP contribution is -2.24. The fourth-order valence-corrected chi connectivity index (χ4v) is 1.21. The Labute approximate surface area is 97.6 Å². The van der Waals surface area contributed by atoms with Crippen LogP contribution in [-0.4, -0.2) is 10.5 Å². The summed E-state index contributed by atoms with van der Waals surface area (Å²) in [5, 5.41) is 19.6. The molecule has 0 aromatic heterocycles. The maximum absolute atomic E-state index is 13.3. The molecule has 0 aliphatic heterocycles. The number of benzene rings is 1. The van der Waals surface area contributed by atoms with Crippen LogP contribution in [0.25, 0.3) is 0 Å². The second-order valence-electron chi connectivity index (χ2n) is 4.35. The lowest BCUT2D eigenvalue weighted by atomic mass is 10.1. The van der Waals surface area contributed by atoms with Gasteiger partial charge in [0, 0.05) is 6.07 Å².